The van der Waals surface area contributed by atoms with Crippen LogP contribution in [0.15, 0.2) is 35.9 Å². The fourth-order valence-electron chi connectivity index (χ4n) is 3.88. The quantitative estimate of drug-likeness (QED) is 0.306. The Morgan fingerprint density at radius 3 is 2.48 bits per heavy atom. The Morgan fingerprint density at radius 1 is 1.24 bits per heavy atom. The molecule has 25 heavy (non-hydrogen) atoms. The Hall–Kier alpha value is -1.70. The van der Waals surface area contributed by atoms with Crippen LogP contribution in [0.5, 0.6) is 11.5 Å². The van der Waals surface area contributed by atoms with Gasteiger partial charge in [-0.05, 0) is 63.1 Å². The lowest BCUT2D eigenvalue weighted by molar-refractivity contribution is 0.368. The minimum Gasteiger partial charge on any atom is -0.496 e. The van der Waals surface area contributed by atoms with Crippen molar-refractivity contribution in [3.63, 3.8) is 0 Å². The third-order valence-corrected chi connectivity index (χ3v) is 5.31. The average Bonchev–Trinajstić information content (AvgIpc) is 2.66. The molecule has 0 saturated carbocycles. The topological polar surface area (TPSA) is 18.5 Å². The van der Waals surface area contributed by atoms with Crippen molar-refractivity contribution in [1.29, 1.82) is 0 Å². The number of benzene rings is 1. The maximum Gasteiger partial charge on any atom is 0.126 e. The minimum absolute atomic E-state index is 0.0686. The Bertz CT molecular complexity index is 677. The van der Waals surface area contributed by atoms with E-state index in [1.165, 1.54) is 24.0 Å². The van der Waals surface area contributed by atoms with E-state index >= 15 is 0 Å². The second-order valence-corrected chi connectivity index (χ2v) is 7.24. The second kappa shape index (κ2) is 9.12. The first kappa shape index (κ1) is 16.8. The Kier molecular flexibility index (Phi) is 6.11. The molecule has 2 nitrogen and oxygen atoms in total. The molecule has 0 amide bonds. The molecular formula is C23H34O2. The van der Waals surface area contributed by atoms with Crippen LogP contribution in [0, 0.1) is 5.92 Å². The molecule has 0 unspecified atom stereocenters. The van der Waals surface area contributed by atoms with Gasteiger partial charge in [0.2, 0.25) is 0 Å². The van der Waals surface area contributed by atoms with Crippen LogP contribution >= 0.6 is 0 Å². The first-order valence-electron chi connectivity index (χ1n) is 10.5. The van der Waals surface area contributed by atoms with Gasteiger partial charge in [0.05, 0.1) is 17.0 Å². The molecular weight excluding hydrogens is 309 g/mol. The maximum absolute atomic E-state index is 7.81. The molecule has 0 aromatic heterocycles. The summed E-state index contributed by atoms with van der Waals surface area (Å²) >= 11 is 0. The van der Waals surface area contributed by atoms with Gasteiger partial charge in [-0.25, -0.2) is 0 Å². The molecule has 0 heterocycles. The zero-order valence-corrected chi connectivity index (χ0v) is 16.4. The highest BCUT2D eigenvalue weighted by molar-refractivity contribution is 5.53. The summed E-state index contributed by atoms with van der Waals surface area (Å²) in [5.41, 5.74) is 4.46. The smallest absolute Gasteiger partial charge is 0.126 e. The highest BCUT2D eigenvalue weighted by Crippen LogP contribution is 2.47. The predicted molar refractivity (Wildman–Crippen MR) is 107 cm³/mol. The number of methoxy groups -OCH3 is 2. The van der Waals surface area contributed by atoms with Crippen LogP contribution in [-0.2, 0) is 6.42 Å². The number of aryl methyl sites for hydroxylation is 1. The Balaban J connectivity index is 2.53. The molecule has 2 atom stereocenters. The van der Waals surface area contributed by atoms with Gasteiger partial charge in [-0.15, -0.1) is 0 Å². The molecule has 1 aromatic carbocycles. The van der Waals surface area contributed by atoms with E-state index in [9.17, 15) is 0 Å². The molecule has 0 aliphatic heterocycles. The molecule has 2 rings (SSSR count). The van der Waals surface area contributed by atoms with E-state index in [2.05, 4.69) is 32.1 Å². The van der Waals surface area contributed by atoms with E-state index < -0.39 is 0 Å². The Morgan fingerprint density at radius 2 is 1.92 bits per heavy atom. The molecule has 0 spiro atoms. The SMILES string of the molecule is [2H]C([2H])=C([13CH3])[C@@H]1CCC(C)=C[C@H]1c1c(OC)cc(CCCCC)cc1OC. The van der Waals surface area contributed by atoms with Crippen molar-refractivity contribution in [1.82, 2.24) is 0 Å². The largest absolute Gasteiger partial charge is 0.496 e. The monoisotopic (exact) mass is 345 g/mol. The molecule has 1 aliphatic carbocycles. The lowest BCUT2D eigenvalue weighted by Gasteiger charge is -2.32. The summed E-state index contributed by atoms with van der Waals surface area (Å²) in [6.07, 6.45) is 8.84. The van der Waals surface area contributed by atoms with Crippen molar-refractivity contribution >= 4 is 0 Å². The van der Waals surface area contributed by atoms with Gasteiger partial charge < -0.3 is 9.47 Å². The van der Waals surface area contributed by atoms with Crippen molar-refractivity contribution in [2.45, 2.75) is 65.2 Å². The van der Waals surface area contributed by atoms with E-state index in [-0.39, 0.29) is 18.4 Å². The molecule has 0 bridgehead atoms. The van der Waals surface area contributed by atoms with Gasteiger partial charge in [0.15, 0.2) is 0 Å². The molecule has 0 fully saturated rings. The lowest BCUT2D eigenvalue weighted by atomic mass is 9.74. The summed E-state index contributed by atoms with van der Waals surface area (Å²) in [6, 6.07) is 4.29. The normalized spacial score (nSPS) is 21.1. The highest BCUT2D eigenvalue weighted by atomic mass is 16.5. The molecule has 0 saturated heterocycles. The van der Waals surface area contributed by atoms with Crippen molar-refractivity contribution < 1.29 is 12.2 Å². The van der Waals surface area contributed by atoms with Gasteiger partial charge >= 0.3 is 0 Å². The van der Waals surface area contributed by atoms with E-state index in [0.717, 1.165) is 48.3 Å². The van der Waals surface area contributed by atoms with Gasteiger partial charge in [0.1, 0.15) is 11.5 Å². The van der Waals surface area contributed by atoms with Gasteiger partial charge in [-0.2, -0.15) is 0 Å². The van der Waals surface area contributed by atoms with Crippen molar-refractivity contribution in [2.24, 2.45) is 5.92 Å². The zero-order valence-electron chi connectivity index (χ0n) is 18.4. The van der Waals surface area contributed by atoms with Crippen LogP contribution < -0.4 is 9.47 Å². The molecule has 2 heteroatoms. The van der Waals surface area contributed by atoms with Gasteiger partial charge in [-0.1, -0.05) is 43.5 Å². The first-order valence-corrected chi connectivity index (χ1v) is 9.48. The maximum atomic E-state index is 7.81. The van der Waals surface area contributed by atoms with Crippen LogP contribution in [-0.4, -0.2) is 14.2 Å². The fourth-order valence-corrected chi connectivity index (χ4v) is 3.88. The van der Waals surface area contributed by atoms with Gasteiger partial charge in [-0.3, -0.25) is 0 Å². The Labute approximate surface area is 156 Å². The minimum atomic E-state index is -0.0768. The van der Waals surface area contributed by atoms with Gasteiger partial charge in [0.25, 0.3) is 0 Å². The molecule has 0 radical (unpaired) electrons. The van der Waals surface area contributed by atoms with Crippen LogP contribution in [0.3, 0.4) is 0 Å². The van der Waals surface area contributed by atoms with Gasteiger partial charge in [0, 0.05) is 11.5 Å². The third kappa shape index (κ3) is 4.68. The number of hydrogen-bond donors (Lipinski definition) is 0. The number of unbranched alkanes of at least 4 members (excludes halogenated alkanes) is 2. The zero-order chi connectivity index (χ0) is 20.0. The average molecular weight is 346 g/mol. The molecule has 1 aromatic rings. The van der Waals surface area contributed by atoms with Crippen LogP contribution in [0.4, 0.5) is 0 Å². The summed E-state index contributed by atoms with van der Waals surface area (Å²) in [6.45, 7) is 6.21. The molecule has 0 N–H and O–H groups in total. The van der Waals surface area contributed by atoms with Crippen molar-refractivity contribution in [3.05, 3.63) is 47.0 Å². The van der Waals surface area contributed by atoms with E-state index in [0.29, 0.717) is 0 Å². The summed E-state index contributed by atoms with van der Waals surface area (Å²) in [5.74, 6) is 1.91. The van der Waals surface area contributed by atoms with Crippen molar-refractivity contribution in [2.75, 3.05) is 14.2 Å². The molecule has 138 valence electrons. The second-order valence-electron chi connectivity index (χ2n) is 7.24. The van der Waals surface area contributed by atoms with E-state index in [1.54, 1.807) is 14.2 Å². The summed E-state index contributed by atoms with van der Waals surface area (Å²) in [5, 5.41) is 0. The number of rotatable bonds is 8. The number of allylic oxidation sites excluding steroid dienone is 3. The van der Waals surface area contributed by atoms with Crippen LogP contribution in [0.25, 0.3) is 0 Å². The highest BCUT2D eigenvalue weighted by Gasteiger charge is 2.30. The lowest BCUT2D eigenvalue weighted by Crippen LogP contribution is -2.18. The fraction of sp³-hybridized carbons (Fsp3) is 0.565. The van der Waals surface area contributed by atoms with Crippen LogP contribution in [0.2, 0.25) is 0 Å². The first-order chi connectivity index (χ1) is 12.9. The molecule has 1 aliphatic rings. The van der Waals surface area contributed by atoms with Crippen molar-refractivity contribution in [3.8, 4) is 11.5 Å². The van der Waals surface area contributed by atoms with Crippen LogP contribution in [0.1, 0.15) is 72.7 Å². The van der Waals surface area contributed by atoms with E-state index in [1.807, 2.05) is 6.92 Å². The predicted octanol–water partition coefficient (Wildman–Crippen LogP) is 6.45. The summed E-state index contributed by atoms with van der Waals surface area (Å²) in [7, 11) is 3.43. The number of ether oxygens (including phenoxy) is 2. The standard InChI is InChI=1S/C23H34O2/c1-7-8-9-10-18-14-21(24-5)23(22(15-18)25-6)20-13-17(4)11-12-19(20)16(2)3/h13-15,19-20H,2,7-12H2,1,3-6H3/t19-,20+/m0/s1/i2D2,3+1. The third-order valence-electron chi connectivity index (χ3n) is 5.31. The van der Waals surface area contributed by atoms with E-state index in [4.69, 9.17) is 12.2 Å². The summed E-state index contributed by atoms with van der Waals surface area (Å²) in [4.78, 5) is 0. The number of hydrogen-bond acceptors (Lipinski definition) is 2. The summed E-state index contributed by atoms with van der Waals surface area (Å²) < 4.78 is 27.2.